The number of aromatic hydroxyl groups is 1. The monoisotopic (exact) mass is 940 g/mol. The molecule has 0 bridgehead atoms. The molecule has 0 heterocycles. The zero-order valence-electron chi connectivity index (χ0n) is 38.8. The van der Waals surface area contributed by atoms with E-state index in [-0.39, 0.29) is 69.4 Å². The Balaban J connectivity index is 2.35. The minimum absolute atomic E-state index is 0.0227. The molecule has 7 atom stereocenters. The maximum atomic E-state index is 14.1. The minimum Gasteiger partial charge on any atom is -0.508 e. The van der Waals surface area contributed by atoms with E-state index in [4.69, 9.17) is 27.7 Å². The number of carboxylic acid groups (broad SMARTS) is 1. The average molecular weight is 940 g/mol. The van der Waals surface area contributed by atoms with Gasteiger partial charge in [0.1, 0.15) is 42.6 Å². The summed E-state index contributed by atoms with van der Waals surface area (Å²) in [5.74, 6) is -7.22. The number of nitrogens with zero attached hydrogens (tertiary/aromatic N) is 1. The molecule has 0 spiro atoms. The second-order valence-corrected chi connectivity index (χ2v) is 16.9. The van der Waals surface area contributed by atoms with E-state index in [1.165, 1.54) is 19.1 Å². The van der Waals surface area contributed by atoms with Gasteiger partial charge in [-0.2, -0.15) is 0 Å². The zero-order chi connectivity index (χ0) is 50.2. The van der Waals surface area contributed by atoms with Crippen LogP contribution in [-0.2, 0) is 56.1 Å². The zero-order valence-corrected chi connectivity index (χ0v) is 38.8. The number of phenols is 1. The lowest BCUT2D eigenvalue weighted by molar-refractivity contribution is -0.149. The van der Waals surface area contributed by atoms with Gasteiger partial charge in [0.05, 0.1) is 12.1 Å². The van der Waals surface area contributed by atoms with E-state index in [0.717, 1.165) is 0 Å². The molecule has 2 aromatic carbocycles. The van der Waals surface area contributed by atoms with E-state index in [9.17, 15) is 48.6 Å². The molecule has 0 fully saturated rings. The van der Waals surface area contributed by atoms with Gasteiger partial charge in [-0.1, -0.05) is 70.2 Å². The van der Waals surface area contributed by atoms with Crippen molar-refractivity contribution < 1.29 is 53.3 Å². The number of nitrogens with one attached hydrogen (secondary N) is 6. The van der Waals surface area contributed by atoms with Crippen LogP contribution in [0, 0.1) is 11.8 Å². The van der Waals surface area contributed by atoms with Crippen LogP contribution in [0.1, 0.15) is 84.3 Å². The SMILES string of the molecule is CC(C)C[C@@H](NC(=O)[C@@H](CCC(=O)O)NC(=O)[C@H](NCC[C@@H](NC(=O)[C@@H](Cc1ccc(O)cc1)NC(=O)[C@H](N)CCCN=C(N)N)C(=O)OCc1ccccc1)C(C)C)C(=O)N[C@H](C)C(N)=O. The Kier molecular flexibility index (Phi) is 24.3. The van der Waals surface area contributed by atoms with Gasteiger partial charge in [-0.3, -0.25) is 38.6 Å². The van der Waals surface area contributed by atoms with Crippen molar-refractivity contribution in [3.05, 3.63) is 65.7 Å². The van der Waals surface area contributed by atoms with E-state index in [1.807, 2.05) is 0 Å². The summed E-state index contributed by atoms with van der Waals surface area (Å²) in [5.41, 5.74) is 23.4. The summed E-state index contributed by atoms with van der Waals surface area (Å²) >= 11 is 0. The van der Waals surface area contributed by atoms with Crippen LogP contribution in [0.2, 0.25) is 0 Å². The van der Waals surface area contributed by atoms with E-state index < -0.39 is 102 Å². The maximum Gasteiger partial charge on any atom is 0.329 e. The summed E-state index contributed by atoms with van der Waals surface area (Å²) in [7, 11) is 0. The topological polar surface area (TPSA) is 375 Å². The van der Waals surface area contributed by atoms with Gasteiger partial charge < -0.3 is 69.8 Å². The third kappa shape index (κ3) is 21.8. The van der Waals surface area contributed by atoms with Crippen molar-refractivity contribution in [1.82, 2.24) is 31.9 Å². The van der Waals surface area contributed by atoms with Crippen LogP contribution >= 0.6 is 0 Å². The molecule has 2 aromatic rings. The molecule has 0 aromatic heterocycles. The molecule has 0 aliphatic carbocycles. The van der Waals surface area contributed by atoms with Gasteiger partial charge in [0.25, 0.3) is 0 Å². The number of rotatable bonds is 30. The molecule has 0 aliphatic rings. The standard InChI is InChI=1S/C45H69N11O11/c1-25(2)22-34(41(63)52-27(5)38(47)60)56-40(62)32(17-18-36(58)59)53-43(65)37(26(3)4)50-21-19-33(44(66)67-24-29-10-7-6-8-11-29)54-42(64)35(23-28-13-15-30(57)16-14-28)55-39(61)31(46)12-9-20-51-45(48)49/h6-8,10-11,13-16,25-27,31-35,37,50,57H,9,12,17-24,46H2,1-5H3,(H2,47,60)(H,52,63)(H,53,65)(H,54,64)(H,55,61)(H,56,62)(H,58,59)(H4,48,49,51)/t27-,31-,32-,33-,34-,35-,37-/m1/s1. The first-order valence-electron chi connectivity index (χ1n) is 22.1. The van der Waals surface area contributed by atoms with E-state index in [1.54, 1.807) is 70.2 Å². The normalized spacial score (nSPS) is 14.2. The molecule has 6 amide bonds. The number of guanidine groups is 1. The second-order valence-electron chi connectivity index (χ2n) is 16.9. The van der Waals surface area contributed by atoms with Crippen molar-refractivity contribution in [2.24, 2.45) is 39.8 Å². The molecular formula is C45H69N11O11. The lowest BCUT2D eigenvalue weighted by Gasteiger charge is -2.28. The van der Waals surface area contributed by atoms with Crippen LogP contribution in [0.5, 0.6) is 5.75 Å². The first kappa shape index (κ1) is 56.3. The third-order valence-corrected chi connectivity index (χ3v) is 10.3. The Morgan fingerprint density at radius 1 is 0.672 bits per heavy atom. The fourth-order valence-corrected chi connectivity index (χ4v) is 6.53. The van der Waals surface area contributed by atoms with Crippen LogP contribution in [0.3, 0.4) is 0 Å². The number of hydrogen-bond donors (Lipinski definition) is 12. The highest BCUT2D eigenvalue weighted by molar-refractivity contribution is 5.95. The Morgan fingerprint density at radius 2 is 1.25 bits per heavy atom. The molecule has 0 saturated carbocycles. The Bertz CT molecular complexity index is 1980. The van der Waals surface area contributed by atoms with Gasteiger partial charge >= 0.3 is 11.9 Å². The fourth-order valence-electron chi connectivity index (χ4n) is 6.53. The molecule has 0 saturated heterocycles. The van der Waals surface area contributed by atoms with E-state index >= 15 is 0 Å². The average Bonchev–Trinajstić information content (AvgIpc) is 3.26. The van der Waals surface area contributed by atoms with Crippen LogP contribution in [0.4, 0.5) is 0 Å². The van der Waals surface area contributed by atoms with Gasteiger partial charge in [-0.05, 0) is 80.7 Å². The lowest BCUT2D eigenvalue weighted by atomic mass is 10.00. The van der Waals surface area contributed by atoms with Gasteiger partial charge in [-0.25, -0.2) is 4.79 Å². The fraction of sp³-hybridized carbons (Fsp3) is 0.533. The van der Waals surface area contributed by atoms with Crippen LogP contribution in [-0.4, -0.2) is 119 Å². The minimum atomic E-state index is -1.41. The smallest absolute Gasteiger partial charge is 0.329 e. The first-order valence-corrected chi connectivity index (χ1v) is 22.1. The highest BCUT2D eigenvalue weighted by Crippen LogP contribution is 2.14. The molecule has 2 rings (SSSR count). The number of ether oxygens (including phenoxy) is 1. The van der Waals surface area contributed by atoms with Crippen molar-refractivity contribution in [1.29, 1.82) is 0 Å². The number of primary amides is 1. The second kappa shape index (κ2) is 29.0. The van der Waals surface area contributed by atoms with Gasteiger partial charge in [-0.15, -0.1) is 0 Å². The van der Waals surface area contributed by atoms with E-state index in [2.05, 4.69) is 36.9 Å². The van der Waals surface area contributed by atoms with Gasteiger partial charge in [0.2, 0.25) is 35.4 Å². The Hall–Kier alpha value is -6.81. The summed E-state index contributed by atoms with van der Waals surface area (Å²) in [6, 6.07) is 6.46. The summed E-state index contributed by atoms with van der Waals surface area (Å²) in [4.78, 5) is 109. The highest BCUT2D eigenvalue weighted by Gasteiger charge is 2.33. The van der Waals surface area contributed by atoms with Crippen LogP contribution in [0.15, 0.2) is 59.6 Å². The van der Waals surface area contributed by atoms with Crippen molar-refractivity contribution in [2.45, 2.75) is 128 Å². The number of nitrogens with two attached hydrogens (primary N) is 4. The molecule has 16 N–H and O–H groups in total. The van der Waals surface area contributed by atoms with Crippen LogP contribution in [0.25, 0.3) is 0 Å². The lowest BCUT2D eigenvalue weighted by Crippen LogP contribution is -2.58. The number of carbonyl (C=O) groups is 8. The van der Waals surface area contributed by atoms with Crippen molar-refractivity contribution >= 4 is 53.3 Å². The molecule has 0 radical (unpaired) electrons. The number of esters is 1. The number of carbonyl (C=O) groups excluding carboxylic acids is 7. The van der Waals surface area contributed by atoms with Gasteiger partial charge in [0, 0.05) is 19.4 Å². The van der Waals surface area contributed by atoms with Gasteiger partial charge in [0.15, 0.2) is 5.96 Å². The number of aliphatic imine (C=N–C) groups is 1. The Morgan fingerprint density at radius 3 is 1.84 bits per heavy atom. The number of phenolic OH excluding ortho intramolecular Hbond substituents is 1. The number of carboxylic acids is 1. The summed E-state index contributed by atoms with van der Waals surface area (Å²) in [6.45, 7) is 8.41. The number of hydrogen-bond acceptors (Lipinski definition) is 13. The van der Waals surface area contributed by atoms with E-state index in [0.29, 0.717) is 17.5 Å². The molecule has 22 heteroatoms. The van der Waals surface area contributed by atoms with Crippen molar-refractivity contribution in [3.8, 4) is 5.75 Å². The van der Waals surface area contributed by atoms with Crippen LogP contribution < -0.4 is 54.8 Å². The quantitative estimate of drug-likeness (QED) is 0.0192. The molecule has 370 valence electrons. The number of aliphatic carboxylic acids is 1. The summed E-state index contributed by atoms with van der Waals surface area (Å²) in [6.07, 6.45) is -0.362. The first-order chi connectivity index (χ1) is 31.6. The molecule has 0 unspecified atom stereocenters. The summed E-state index contributed by atoms with van der Waals surface area (Å²) in [5, 5.41) is 35.4. The summed E-state index contributed by atoms with van der Waals surface area (Å²) < 4.78 is 5.61. The van der Waals surface area contributed by atoms with Crippen molar-refractivity contribution in [2.75, 3.05) is 13.1 Å². The molecule has 22 nitrogen and oxygen atoms in total. The number of amides is 6. The molecular weight excluding hydrogens is 871 g/mol. The molecule has 0 aliphatic heterocycles. The predicted molar refractivity (Wildman–Crippen MR) is 248 cm³/mol. The maximum absolute atomic E-state index is 14.1. The van der Waals surface area contributed by atoms with Crippen molar-refractivity contribution in [3.63, 3.8) is 0 Å². The largest absolute Gasteiger partial charge is 0.508 e. The number of benzene rings is 2. The third-order valence-electron chi connectivity index (χ3n) is 10.3. The Labute approximate surface area is 390 Å². The predicted octanol–water partition coefficient (Wildman–Crippen LogP) is -1.10. The highest BCUT2D eigenvalue weighted by atomic mass is 16.5. The molecule has 67 heavy (non-hydrogen) atoms.